The number of halogens is 1. The van der Waals surface area contributed by atoms with Crippen molar-refractivity contribution < 1.29 is 4.79 Å². The Bertz CT molecular complexity index is 485. The van der Waals surface area contributed by atoms with Crippen molar-refractivity contribution in [2.24, 2.45) is 5.92 Å². The highest BCUT2D eigenvalue weighted by Crippen LogP contribution is 2.41. The number of hydrogen-bond donors (Lipinski definition) is 1. The van der Waals surface area contributed by atoms with Gasteiger partial charge in [0.1, 0.15) is 0 Å². The maximum absolute atomic E-state index is 11.5. The summed E-state index contributed by atoms with van der Waals surface area (Å²) >= 11 is 6.45. The summed E-state index contributed by atoms with van der Waals surface area (Å²) in [6.07, 6.45) is 3.72. The highest BCUT2D eigenvalue weighted by molar-refractivity contribution is 6.20. The van der Waals surface area contributed by atoms with E-state index in [4.69, 9.17) is 11.6 Å². The van der Waals surface area contributed by atoms with E-state index >= 15 is 0 Å². The van der Waals surface area contributed by atoms with Gasteiger partial charge in [0.05, 0.1) is 5.38 Å². The fourth-order valence-corrected chi connectivity index (χ4v) is 2.77. The normalized spacial score (nSPS) is 20.3. The number of urea groups is 1. The molecule has 1 heterocycles. The molecule has 1 fully saturated rings. The molecule has 2 amide bonds. The number of benzene rings is 1. The Morgan fingerprint density at radius 2 is 2.28 bits per heavy atom. The number of anilines is 1. The molecule has 0 aromatic heterocycles. The predicted octanol–water partition coefficient (Wildman–Crippen LogP) is 3.74. The Balaban J connectivity index is 1.81. The molecule has 3 rings (SSSR count). The second-order valence-corrected chi connectivity index (χ2v) is 5.88. The minimum Gasteiger partial charge on any atom is -0.323 e. The van der Waals surface area contributed by atoms with Crippen molar-refractivity contribution in [1.29, 1.82) is 0 Å². The van der Waals surface area contributed by atoms with E-state index in [1.54, 1.807) is 11.9 Å². The molecule has 18 heavy (non-hydrogen) atoms. The fourth-order valence-electron chi connectivity index (χ4n) is 2.38. The van der Waals surface area contributed by atoms with Crippen LogP contribution in [0.2, 0.25) is 0 Å². The standard InChI is InChI=1S/C14H17ClN2O/c1-17-8-11-7-10(12(15)6-9-2-3-9)4-5-13(11)16-14(17)18/h4-5,7,9,12H,2-3,6,8H2,1H3,(H,16,18). The lowest BCUT2D eigenvalue weighted by molar-refractivity contribution is 0.218. The number of fused-ring (bicyclic) bond motifs is 1. The van der Waals surface area contributed by atoms with Gasteiger partial charge in [0.2, 0.25) is 0 Å². The summed E-state index contributed by atoms with van der Waals surface area (Å²) in [6.45, 7) is 0.655. The summed E-state index contributed by atoms with van der Waals surface area (Å²) in [5, 5.41) is 2.98. The summed E-state index contributed by atoms with van der Waals surface area (Å²) in [7, 11) is 1.80. The van der Waals surface area contributed by atoms with Gasteiger partial charge < -0.3 is 10.2 Å². The first kappa shape index (κ1) is 11.8. The zero-order valence-corrected chi connectivity index (χ0v) is 11.2. The Hall–Kier alpha value is -1.22. The average Bonchev–Trinajstić information content (AvgIpc) is 3.14. The molecule has 1 unspecified atom stereocenters. The van der Waals surface area contributed by atoms with Gasteiger partial charge in [-0.15, -0.1) is 11.6 Å². The number of nitrogens with one attached hydrogen (secondary N) is 1. The topological polar surface area (TPSA) is 32.3 Å². The maximum atomic E-state index is 11.5. The van der Waals surface area contributed by atoms with Crippen molar-refractivity contribution in [3.05, 3.63) is 29.3 Å². The quantitative estimate of drug-likeness (QED) is 0.829. The van der Waals surface area contributed by atoms with E-state index < -0.39 is 0 Å². The number of amides is 2. The van der Waals surface area contributed by atoms with Crippen molar-refractivity contribution in [2.45, 2.75) is 31.2 Å². The van der Waals surface area contributed by atoms with E-state index in [9.17, 15) is 4.79 Å². The molecule has 0 saturated heterocycles. The molecule has 0 bridgehead atoms. The van der Waals surface area contributed by atoms with Crippen molar-refractivity contribution >= 4 is 23.3 Å². The number of hydrogen-bond acceptors (Lipinski definition) is 1. The highest BCUT2D eigenvalue weighted by atomic mass is 35.5. The van der Waals surface area contributed by atoms with E-state index in [0.717, 1.165) is 23.6 Å². The molecule has 1 atom stereocenters. The van der Waals surface area contributed by atoms with Crippen LogP contribution in [0.3, 0.4) is 0 Å². The number of carbonyl (C=O) groups is 1. The highest BCUT2D eigenvalue weighted by Gasteiger charge is 2.26. The van der Waals surface area contributed by atoms with Crippen molar-refractivity contribution in [3.63, 3.8) is 0 Å². The van der Waals surface area contributed by atoms with Crippen LogP contribution in [-0.4, -0.2) is 18.0 Å². The van der Waals surface area contributed by atoms with Gasteiger partial charge in [-0.1, -0.05) is 25.0 Å². The zero-order valence-electron chi connectivity index (χ0n) is 10.4. The molecule has 0 spiro atoms. The number of alkyl halides is 1. The lowest BCUT2D eigenvalue weighted by atomic mass is 10.0. The summed E-state index contributed by atoms with van der Waals surface area (Å²) in [6, 6.07) is 6.09. The van der Waals surface area contributed by atoms with Crippen molar-refractivity contribution in [3.8, 4) is 0 Å². The molecule has 1 aliphatic heterocycles. The Morgan fingerprint density at radius 1 is 1.50 bits per heavy atom. The third kappa shape index (κ3) is 2.32. The molecular formula is C14H17ClN2O. The third-order valence-corrected chi connectivity index (χ3v) is 4.15. The van der Waals surface area contributed by atoms with E-state index in [1.807, 2.05) is 12.1 Å². The van der Waals surface area contributed by atoms with Gasteiger partial charge in [0.15, 0.2) is 0 Å². The van der Waals surface area contributed by atoms with Crippen LogP contribution >= 0.6 is 11.6 Å². The average molecular weight is 265 g/mol. The van der Waals surface area contributed by atoms with Crippen LogP contribution in [-0.2, 0) is 6.54 Å². The lowest BCUT2D eigenvalue weighted by Crippen LogP contribution is -2.35. The zero-order chi connectivity index (χ0) is 12.7. The molecular weight excluding hydrogens is 248 g/mol. The molecule has 1 aromatic carbocycles. The fraction of sp³-hybridized carbons (Fsp3) is 0.500. The SMILES string of the molecule is CN1Cc2cc(C(Cl)CC3CC3)ccc2NC1=O. The number of rotatable bonds is 3. The van der Waals surface area contributed by atoms with Crippen molar-refractivity contribution in [1.82, 2.24) is 4.90 Å². The monoisotopic (exact) mass is 264 g/mol. The maximum Gasteiger partial charge on any atom is 0.321 e. The van der Waals surface area contributed by atoms with Crippen LogP contribution in [0.25, 0.3) is 0 Å². The van der Waals surface area contributed by atoms with Gasteiger partial charge in [-0.05, 0) is 29.5 Å². The molecule has 1 N–H and O–H groups in total. The summed E-state index contributed by atoms with van der Waals surface area (Å²) in [4.78, 5) is 13.2. The third-order valence-electron chi connectivity index (χ3n) is 3.72. The molecule has 96 valence electrons. The Morgan fingerprint density at radius 3 is 3.00 bits per heavy atom. The Kier molecular flexibility index (Phi) is 2.94. The summed E-state index contributed by atoms with van der Waals surface area (Å²) < 4.78 is 0. The Labute approximate surface area is 112 Å². The molecule has 3 nitrogen and oxygen atoms in total. The van der Waals surface area contributed by atoms with E-state index in [0.29, 0.717) is 6.54 Å². The summed E-state index contributed by atoms with van der Waals surface area (Å²) in [5.74, 6) is 0.825. The largest absolute Gasteiger partial charge is 0.323 e. The molecule has 2 aliphatic rings. The smallest absolute Gasteiger partial charge is 0.321 e. The first-order valence-electron chi connectivity index (χ1n) is 6.42. The van der Waals surface area contributed by atoms with E-state index in [-0.39, 0.29) is 11.4 Å². The predicted molar refractivity (Wildman–Crippen MR) is 72.9 cm³/mol. The second kappa shape index (κ2) is 4.47. The minimum atomic E-state index is -0.0457. The molecule has 4 heteroatoms. The van der Waals surface area contributed by atoms with Crippen LogP contribution < -0.4 is 5.32 Å². The number of nitrogens with zero attached hydrogens (tertiary/aromatic N) is 1. The lowest BCUT2D eigenvalue weighted by Gasteiger charge is -2.26. The molecule has 1 aliphatic carbocycles. The minimum absolute atomic E-state index is 0.0457. The van der Waals surface area contributed by atoms with Crippen LogP contribution in [0.1, 0.15) is 35.8 Å². The number of carbonyl (C=O) groups excluding carboxylic acids is 1. The second-order valence-electron chi connectivity index (χ2n) is 5.35. The van der Waals surface area contributed by atoms with Gasteiger partial charge in [0, 0.05) is 19.3 Å². The van der Waals surface area contributed by atoms with Crippen LogP contribution in [0.5, 0.6) is 0 Å². The van der Waals surface area contributed by atoms with Crippen molar-refractivity contribution in [2.75, 3.05) is 12.4 Å². The van der Waals surface area contributed by atoms with Gasteiger partial charge >= 0.3 is 6.03 Å². The molecule has 1 saturated carbocycles. The van der Waals surface area contributed by atoms with Gasteiger partial charge in [-0.25, -0.2) is 4.79 Å². The van der Waals surface area contributed by atoms with Crippen LogP contribution in [0.15, 0.2) is 18.2 Å². The molecule has 1 aromatic rings. The first-order valence-corrected chi connectivity index (χ1v) is 6.86. The molecule has 0 radical (unpaired) electrons. The van der Waals surface area contributed by atoms with E-state index in [1.165, 1.54) is 18.4 Å². The van der Waals surface area contributed by atoms with Gasteiger partial charge in [-0.2, -0.15) is 0 Å². The van der Waals surface area contributed by atoms with Gasteiger partial charge in [0.25, 0.3) is 0 Å². The van der Waals surface area contributed by atoms with Gasteiger partial charge in [-0.3, -0.25) is 0 Å². The van der Waals surface area contributed by atoms with E-state index in [2.05, 4.69) is 11.4 Å². The van der Waals surface area contributed by atoms with Crippen LogP contribution in [0.4, 0.5) is 10.5 Å². The van der Waals surface area contributed by atoms with Crippen LogP contribution in [0, 0.1) is 5.92 Å². The first-order chi connectivity index (χ1) is 8.63. The summed E-state index contributed by atoms with van der Waals surface area (Å²) in [5.41, 5.74) is 3.24.